The van der Waals surface area contributed by atoms with Crippen LogP contribution < -0.4 is 10.9 Å². The topological polar surface area (TPSA) is 73.2 Å². The molecule has 4 rings (SSSR count). The molecule has 0 unspecified atom stereocenters. The molecule has 1 aliphatic rings. The average molecular weight is 424 g/mol. The zero-order valence-corrected chi connectivity index (χ0v) is 18.0. The number of rotatable bonds is 6. The Labute approximate surface area is 179 Å². The van der Waals surface area contributed by atoms with Crippen LogP contribution >= 0.6 is 11.8 Å². The van der Waals surface area contributed by atoms with Crippen LogP contribution in [0.5, 0.6) is 0 Å². The van der Waals surface area contributed by atoms with E-state index in [2.05, 4.69) is 10.3 Å². The number of carbonyl (C=O) groups excluding carboxylic acids is 1. The summed E-state index contributed by atoms with van der Waals surface area (Å²) in [5.74, 6) is 0.0451. The van der Waals surface area contributed by atoms with Gasteiger partial charge in [-0.05, 0) is 56.0 Å². The van der Waals surface area contributed by atoms with Crippen LogP contribution in [-0.4, -0.2) is 33.9 Å². The number of hydrogen-bond acceptors (Lipinski definition) is 5. The molecule has 1 aliphatic heterocycles. The van der Waals surface area contributed by atoms with Gasteiger partial charge in [-0.3, -0.25) is 14.2 Å². The molecule has 0 bridgehead atoms. The van der Waals surface area contributed by atoms with Gasteiger partial charge >= 0.3 is 0 Å². The summed E-state index contributed by atoms with van der Waals surface area (Å²) in [5, 5.41) is 4.10. The summed E-state index contributed by atoms with van der Waals surface area (Å²) in [6.45, 7) is 5.18. The molecule has 3 aromatic rings. The number of ether oxygens (including phenoxy) is 1. The van der Waals surface area contributed by atoms with Gasteiger partial charge in [0.05, 0.1) is 29.3 Å². The molecule has 0 radical (unpaired) electrons. The Morgan fingerprint density at radius 3 is 2.87 bits per heavy atom. The number of para-hydroxylation sites is 1. The van der Waals surface area contributed by atoms with Crippen LogP contribution in [0, 0.1) is 13.8 Å². The molecule has 2 aromatic carbocycles. The number of fused-ring (bicyclic) bond motifs is 1. The van der Waals surface area contributed by atoms with Crippen LogP contribution in [0.3, 0.4) is 0 Å². The summed E-state index contributed by atoms with van der Waals surface area (Å²) in [6, 6.07) is 13.2. The third kappa shape index (κ3) is 4.42. The second kappa shape index (κ2) is 9.02. The normalized spacial score (nSPS) is 16.1. The van der Waals surface area contributed by atoms with E-state index in [0.29, 0.717) is 22.6 Å². The molecule has 1 N–H and O–H groups in total. The molecule has 156 valence electrons. The van der Waals surface area contributed by atoms with Gasteiger partial charge < -0.3 is 10.1 Å². The van der Waals surface area contributed by atoms with Crippen molar-refractivity contribution in [3.8, 4) is 0 Å². The van der Waals surface area contributed by atoms with Gasteiger partial charge in [0, 0.05) is 12.3 Å². The molecular formula is C23H25N3O3S. The third-order valence-corrected chi connectivity index (χ3v) is 6.42. The van der Waals surface area contributed by atoms with Crippen molar-refractivity contribution in [2.45, 2.75) is 44.5 Å². The van der Waals surface area contributed by atoms with Crippen molar-refractivity contribution in [3.63, 3.8) is 0 Å². The summed E-state index contributed by atoms with van der Waals surface area (Å²) in [5.41, 5.74) is 3.54. The van der Waals surface area contributed by atoms with E-state index >= 15 is 0 Å². The van der Waals surface area contributed by atoms with Crippen LogP contribution in [0.25, 0.3) is 10.9 Å². The zero-order chi connectivity index (χ0) is 21.1. The van der Waals surface area contributed by atoms with Crippen LogP contribution in [0.2, 0.25) is 0 Å². The van der Waals surface area contributed by atoms with Gasteiger partial charge in [0.1, 0.15) is 0 Å². The van der Waals surface area contributed by atoms with Crippen LogP contribution in [0.15, 0.2) is 52.4 Å². The van der Waals surface area contributed by atoms with Gasteiger partial charge in [-0.15, -0.1) is 0 Å². The largest absolute Gasteiger partial charge is 0.376 e. The molecular weight excluding hydrogens is 398 g/mol. The summed E-state index contributed by atoms with van der Waals surface area (Å²) in [7, 11) is 0. The summed E-state index contributed by atoms with van der Waals surface area (Å²) in [4.78, 5) is 30.4. The van der Waals surface area contributed by atoms with Crippen molar-refractivity contribution in [1.82, 2.24) is 9.55 Å². The van der Waals surface area contributed by atoms with Crippen molar-refractivity contribution in [2.24, 2.45) is 0 Å². The predicted octanol–water partition coefficient (Wildman–Crippen LogP) is 3.92. The maximum Gasteiger partial charge on any atom is 0.262 e. The highest BCUT2D eigenvalue weighted by molar-refractivity contribution is 7.99. The molecule has 0 spiro atoms. The molecule has 1 amide bonds. The number of carbonyl (C=O) groups is 1. The first-order chi connectivity index (χ1) is 14.5. The van der Waals surface area contributed by atoms with Crippen LogP contribution in [0.4, 0.5) is 5.69 Å². The molecule has 0 saturated carbocycles. The van der Waals surface area contributed by atoms with Gasteiger partial charge in [0.25, 0.3) is 5.56 Å². The molecule has 2 heterocycles. The number of aryl methyl sites for hydroxylation is 1. The molecule has 1 aromatic heterocycles. The molecule has 0 aliphatic carbocycles. The van der Waals surface area contributed by atoms with E-state index in [9.17, 15) is 9.59 Å². The number of nitrogens with one attached hydrogen (secondary N) is 1. The molecule has 1 atom stereocenters. The van der Waals surface area contributed by atoms with Crippen LogP contribution in [0.1, 0.15) is 24.0 Å². The predicted molar refractivity (Wildman–Crippen MR) is 120 cm³/mol. The Morgan fingerprint density at radius 1 is 1.23 bits per heavy atom. The molecule has 7 heteroatoms. The lowest BCUT2D eigenvalue weighted by atomic mass is 10.1. The number of anilines is 1. The van der Waals surface area contributed by atoms with E-state index in [1.54, 1.807) is 10.6 Å². The minimum absolute atomic E-state index is 0.00813. The number of hydrogen-bond donors (Lipinski definition) is 1. The Hall–Kier alpha value is -2.64. The number of amides is 1. The maximum atomic E-state index is 13.1. The fraction of sp³-hybridized carbons (Fsp3) is 0.348. The highest BCUT2D eigenvalue weighted by atomic mass is 32.2. The summed E-state index contributed by atoms with van der Waals surface area (Å²) >= 11 is 1.28. The fourth-order valence-electron chi connectivity index (χ4n) is 3.61. The van der Waals surface area contributed by atoms with Crippen LogP contribution in [-0.2, 0) is 16.1 Å². The lowest BCUT2D eigenvalue weighted by Gasteiger charge is -2.16. The SMILES string of the molecule is Cc1cccc(NC(=O)CSc2nc3ccccc3c(=O)n2C[C@H]2CCCO2)c1C. The smallest absolute Gasteiger partial charge is 0.262 e. The summed E-state index contributed by atoms with van der Waals surface area (Å²) in [6.07, 6.45) is 1.94. The standard InChI is InChI=1S/C23H25N3O3S/c1-15-7-5-11-19(16(15)2)24-21(27)14-30-23-25-20-10-4-3-9-18(20)22(28)26(23)13-17-8-6-12-29-17/h3-5,7,9-11,17H,6,8,12-14H2,1-2H3,(H,24,27)/t17-/m1/s1. The monoisotopic (exact) mass is 423 g/mol. The Bertz CT molecular complexity index is 1140. The first-order valence-electron chi connectivity index (χ1n) is 10.1. The molecule has 1 saturated heterocycles. The van der Waals surface area contributed by atoms with E-state index in [1.165, 1.54) is 11.8 Å². The van der Waals surface area contributed by atoms with E-state index in [4.69, 9.17) is 4.74 Å². The molecule has 30 heavy (non-hydrogen) atoms. The quantitative estimate of drug-likeness (QED) is 0.480. The minimum atomic E-state index is -0.125. The van der Waals surface area contributed by atoms with Gasteiger partial charge in [0.15, 0.2) is 5.16 Å². The van der Waals surface area contributed by atoms with E-state index in [-0.39, 0.29) is 23.3 Å². The molecule has 6 nitrogen and oxygen atoms in total. The Kier molecular flexibility index (Phi) is 6.20. The van der Waals surface area contributed by atoms with Crippen molar-refractivity contribution in [1.29, 1.82) is 0 Å². The lowest BCUT2D eigenvalue weighted by Crippen LogP contribution is -2.29. The zero-order valence-electron chi connectivity index (χ0n) is 17.2. The lowest BCUT2D eigenvalue weighted by molar-refractivity contribution is -0.113. The highest BCUT2D eigenvalue weighted by Gasteiger charge is 2.20. The maximum absolute atomic E-state index is 13.1. The van der Waals surface area contributed by atoms with E-state index in [0.717, 1.165) is 36.3 Å². The highest BCUT2D eigenvalue weighted by Crippen LogP contribution is 2.22. The van der Waals surface area contributed by atoms with Crippen molar-refractivity contribution in [2.75, 3.05) is 17.7 Å². The third-order valence-electron chi connectivity index (χ3n) is 5.45. The average Bonchev–Trinajstić information content (AvgIpc) is 3.25. The fourth-order valence-corrected chi connectivity index (χ4v) is 4.42. The first kappa shape index (κ1) is 20.6. The number of benzene rings is 2. The Morgan fingerprint density at radius 2 is 2.07 bits per heavy atom. The van der Waals surface area contributed by atoms with Crippen molar-refractivity contribution >= 4 is 34.3 Å². The second-order valence-corrected chi connectivity index (χ2v) is 8.49. The van der Waals surface area contributed by atoms with Gasteiger partial charge in [-0.2, -0.15) is 0 Å². The summed E-state index contributed by atoms with van der Waals surface area (Å²) < 4.78 is 7.39. The number of aromatic nitrogens is 2. The second-order valence-electron chi connectivity index (χ2n) is 7.55. The molecule has 1 fully saturated rings. The van der Waals surface area contributed by atoms with Gasteiger partial charge in [-0.1, -0.05) is 36.0 Å². The van der Waals surface area contributed by atoms with Gasteiger partial charge in [-0.25, -0.2) is 4.98 Å². The van der Waals surface area contributed by atoms with Crippen molar-refractivity contribution in [3.05, 3.63) is 63.9 Å². The van der Waals surface area contributed by atoms with Crippen molar-refractivity contribution < 1.29 is 9.53 Å². The van der Waals surface area contributed by atoms with E-state index in [1.807, 2.05) is 50.2 Å². The Balaban J connectivity index is 1.57. The number of nitrogens with zero attached hydrogens (tertiary/aromatic N) is 2. The van der Waals surface area contributed by atoms with E-state index < -0.39 is 0 Å². The minimum Gasteiger partial charge on any atom is -0.376 e. The van der Waals surface area contributed by atoms with Gasteiger partial charge in [0.2, 0.25) is 5.91 Å². The first-order valence-corrected chi connectivity index (χ1v) is 11.1. The number of thioether (sulfide) groups is 1.